The summed E-state index contributed by atoms with van der Waals surface area (Å²) in [5.41, 5.74) is 5.28. The highest BCUT2D eigenvalue weighted by atomic mass is 35.5. The van der Waals surface area contributed by atoms with Crippen LogP contribution in [0.25, 0.3) is 0 Å². The van der Waals surface area contributed by atoms with E-state index in [4.69, 9.17) is 28.9 Å². The van der Waals surface area contributed by atoms with Gasteiger partial charge in [-0.25, -0.2) is 4.79 Å². The van der Waals surface area contributed by atoms with Crippen LogP contribution in [0.15, 0.2) is 18.2 Å². The summed E-state index contributed by atoms with van der Waals surface area (Å²) in [6.07, 6.45) is 0. The van der Waals surface area contributed by atoms with E-state index in [0.29, 0.717) is 15.7 Å². The number of amides is 3. The third kappa shape index (κ3) is 3.60. The number of carbonyl (C=O) groups is 2. The minimum absolute atomic E-state index is 0.122. The molecule has 0 aromatic heterocycles. The Labute approximate surface area is 102 Å². The van der Waals surface area contributed by atoms with Crippen molar-refractivity contribution in [2.75, 3.05) is 11.9 Å². The molecular formula is C9H9Cl2N3O2. The van der Waals surface area contributed by atoms with Gasteiger partial charge in [-0.3, -0.25) is 10.1 Å². The molecule has 0 atom stereocenters. The number of nitrogens with two attached hydrogens (primary N) is 1. The molecule has 1 rings (SSSR count). The quantitative estimate of drug-likeness (QED) is 0.773. The normalized spacial score (nSPS) is 9.62. The van der Waals surface area contributed by atoms with Crippen LogP contribution < -0.4 is 16.4 Å². The highest BCUT2D eigenvalue weighted by Crippen LogP contribution is 2.29. The molecule has 0 saturated heterocycles. The lowest BCUT2D eigenvalue weighted by atomic mass is 10.3. The Bertz CT molecular complexity index is 423. The van der Waals surface area contributed by atoms with Crippen molar-refractivity contribution in [1.29, 1.82) is 0 Å². The summed E-state index contributed by atoms with van der Waals surface area (Å²) >= 11 is 11.6. The first-order valence-corrected chi connectivity index (χ1v) is 5.03. The number of rotatable bonds is 3. The van der Waals surface area contributed by atoms with E-state index in [9.17, 15) is 9.59 Å². The highest BCUT2D eigenvalue weighted by Gasteiger charge is 2.07. The van der Waals surface area contributed by atoms with E-state index in [1.165, 1.54) is 0 Å². The first-order chi connectivity index (χ1) is 7.50. The van der Waals surface area contributed by atoms with Gasteiger partial charge in [-0.05, 0) is 12.1 Å². The maximum Gasteiger partial charge on any atom is 0.318 e. The summed E-state index contributed by atoms with van der Waals surface area (Å²) in [7, 11) is 0. The predicted molar refractivity (Wildman–Crippen MR) is 62.7 cm³/mol. The van der Waals surface area contributed by atoms with Crippen LogP contribution in [0.3, 0.4) is 0 Å². The maximum atomic E-state index is 11.1. The first-order valence-electron chi connectivity index (χ1n) is 4.28. The number of anilines is 1. The zero-order valence-electron chi connectivity index (χ0n) is 8.09. The summed E-state index contributed by atoms with van der Waals surface area (Å²) in [6.45, 7) is -0.122. The van der Waals surface area contributed by atoms with E-state index in [1.807, 2.05) is 5.32 Å². The SMILES string of the molecule is NC(=O)NC(=O)CNc1cccc(Cl)c1Cl. The molecule has 0 spiro atoms. The summed E-state index contributed by atoms with van der Waals surface area (Å²) in [4.78, 5) is 21.4. The molecule has 86 valence electrons. The minimum atomic E-state index is -0.899. The second kappa shape index (κ2) is 5.58. The largest absolute Gasteiger partial charge is 0.375 e. The Hall–Kier alpha value is -1.46. The van der Waals surface area contributed by atoms with Crippen LogP contribution in [0.4, 0.5) is 10.5 Å². The van der Waals surface area contributed by atoms with Crippen molar-refractivity contribution in [1.82, 2.24) is 5.32 Å². The van der Waals surface area contributed by atoms with Gasteiger partial charge in [0.1, 0.15) is 0 Å². The molecule has 16 heavy (non-hydrogen) atoms. The van der Waals surface area contributed by atoms with Crippen molar-refractivity contribution in [2.24, 2.45) is 5.73 Å². The van der Waals surface area contributed by atoms with Gasteiger partial charge in [0.25, 0.3) is 0 Å². The Morgan fingerprint density at radius 1 is 1.31 bits per heavy atom. The number of hydrogen-bond donors (Lipinski definition) is 3. The Morgan fingerprint density at radius 3 is 2.62 bits per heavy atom. The summed E-state index contributed by atoms with van der Waals surface area (Å²) in [6, 6.07) is 4.07. The number of halogens is 2. The van der Waals surface area contributed by atoms with Gasteiger partial charge >= 0.3 is 6.03 Å². The van der Waals surface area contributed by atoms with E-state index < -0.39 is 11.9 Å². The van der Waals surface area contributed by atoms with E-state index in [0.717, 1.165) is 0 Å². The molecule has 0 saturated carbocycles. The lowest BCUT2D eigenvalue weighted by molar-refractivity contribution is -0.118. The lowest BCUT2D eigenvalue weighted by Gasteiger charge is -2.08. The second-order valence-corrected chi connectivity index (χ2v) is 3.65. The van der Waals surface area contributed by atoms with Gasteiger partial charge in [-0.1, -0.05) is 29.3 Å². The Kier molecular flexibility index (Phi) is 4.39. The third-order valence-corrected chi connectivity index (χ3v) is 2.47. The number of carbonyl (C=O) groups excluding carboxylic acids is 2. The number of primary amides is 1. The van der Waals surface area contributed by atoms with E-state index in [1.54, 1.807) is 18.2 Å². The second-order valence-electron chi connectivity index (χ2n) is 2.87. The van der Waals surface area contributed by atoms with Crippen molar-refractivity contribution >= 4 is 40.8 Å². The number of imide groups is 1. The molecular weight excluding hydrogens is 253 g/mol. The van der Waals surface area contributed by atoms with Crippen LogP contribution in [0, 0.1) is 0 Å². The molecule has 7 heteroatoms. The topological polar surface area (TPSA) is 84.2 Å². The number of hydrogen-bond acceptors (Lipinski definition) is 3. The zero-order valence-corrected chi connectivity index (χ0v) is 9.60. The Morgan fingerprint density at radius 2 is 2.00 bits per heavy atom. The number of urea groups is 1. The summed E-state index contributed by atoms with van der Waals surface area (Å²) in [5.74, 6) is -0.552. The van der Waals surface area contributed by atoms with Gasteiger partial charge in [0.2, 0.25) is 5.91 Å². The predicted octanol–water partition coefficient (Wildman–Crippen LogP) is 1.60. The molecule has 4 N–H and O–H groups in total. The molecule has 0 heterocycles. The molecule has 0 unspecified atom stereocenters. The first kappa shape index (κ1) is 12.6. The van der Waals surface area contributed by atoms with Gasteiger partial charge in [0, 0.05) is 0 Å². The molecule has 0 aliphatic rings. The van der Waals surface area contributed by atoms with Crippen molar-refractivity contribution < 1.29 is 9.59 Å². The average Bonchev–Trinajstić information content (AvgIpc) is 2.19. The number of benzene rings is 1. The summed E-state index contributed by atoms with van der Waals surface area (Å²) < 4.78 is 0. The molecule has 1 aromatic carbocycles. The van der Waals surface area contributed by atoms with Crippen LogP contribution in [-0.2, 0) is 4.79 Å². The molecule has 5 nitrogen and oxygen atoms in total. The molecule has 3 amide bonds. The van der Waals surface area contributed by atoms with E-state index in [2.05, 4.69) is 5.32 Å². The fourth-order valence-corrected chi connectivity index (χ4v) is 1.36. The smallest absolute Gasteiger partial charge is 0.318 e. The van der Waals surface area contributed by atoms with Crippen molar-refractivity contribution in [2.45, 2.75) is 0 Å². The lowest BCUT2D eigenvalue weighted by Crippen LogP contribution is -2.38. The van der Waals surface area contributed by atoms with Crippen LogP contribution in [0.2, 0.25) is 10.0 Å². The minimum Gasteiger partial charge on any atom is -0.375 e. The highest BCUT2D eigenvalue weighted by molar-refractivity contribution is 6.43. The third-order valence-electron chi connectivity index (χ3n) is 1.65. The summed E-state index contributed by atoms with van der Waals surface area (Å²) in [5, 5.41) is 5.32. The van der Waals surface area contributed by atoms with Crippen molar-refractivity contribution in [3.63, 3.8) is 0 Å². The van der Waals surface area contributed by atoms with Gasteiger partial charge in [0.15, 0.2) is 0 Å². The van der Waals surface area contributed by atoms with E-state index in [-0.39, 0.29) is 6.54 Å². The molecule has 0 bridgehead atoms. The van der Waals surface area contributed by atoms with Crippen LogP contribution in [-0.4, -0.2) is 18.5 Å². The van der Waals surface area contributed by atoms with Gasteiger partial charge < -0.3 is 11.1 Å². The zero-order chi connectivity index (χ0) is 12.1. The molecule has 0 radical (unpaired) electrons. The number of nitrogens with one attached hydrogen (secondary N) is 2. The van der Waals surface area contributed by atoms with Gasteiger partial charge in [0.05, 0.1) is 22.3 Å². The van der Waals surface area contributed by atoms with Crippen LogP contribution in [0.5, 0.6) is 0 Å². The van der Waals surface area contributed by atoms with Crippen LogP contribution >= 0.6 is 23.2 Å². The van der Waals surface area contributed by atoms with Gasteiger partial charge in [-0.15, -0.1) is 0 Å². The molecule has 0 aliphatic heterocycles. The maximum absolute atomic E-state index is 11.1. The average molecular weight is 262 g/mol. The fourth-order valence-electron chi connectivity index (χ4n) is 0.997. The molecule has 0 fully saturated rings. The van der Waals surface area contributed by atoms with Crippen LogP contribution in [0.1, 0.15) is 0 Å². The van der Waals surface area contributed by atoms with Crippen molar-refractivity contribution in [3.05, 3.63) is 28.2 Å². The monoisotopic (exact) mass is 261 g/mol. The molecule has 1 aromatic rings. The molecule has 0 aliphatic carbocycles. The van der Waals surface area contributed by atoms with Crippen molar-refractivity contribution in [3.8, 4) is 0 Å². The standard InChI is InChI=1S/C9H9Cl2N3O2/c10-5-2-1-3-6(8(5)11)13-4-7(15)14-9(12)16/h1-3,13H,4H2,(H3,12,14,15,16). The van der Waals surface area contributed by atoms with Gasteiger partial charge in [-0.2, -0.15) is 0 Å². The van der Waals surface area contributed by atoms with E-state index >= 15 is 0 Å². The Balaban J connectivity index is 2.58. The fraction of sp³-hybridized carbons (Fsp3) is 0.111.